The molecule has 0 aliphatic heterocycles. The van der Waals surface area contributed by atoms with Crippen LogP contribution in [0.3, 0.4) is 0 Å². The highest BCUT2D eigenvalue weighted by molar-refractivity contribution is 6.00. The van der Waals surface area contributed by atoms with Crippen LogP contribution in [0.15, 0.2) is 60.7 Å². The predicted molar refractivity (Wildman–Crippen MR) is 225 cm³/mol. The normalized spacial score (nSPS) is 11.5. The summed E-state index contributed by atoms with van der Waals surface area (Å²) in [5, 5.41) is 0. The van der Waals surface area contributed by atoms with Gasteiger partial charge in [0.05, 0.1) is 0 Å². The Balaban J connectivity index is 1.89. The molecular weight excluding hydrogens is 653 g/mol. The lowest BCUT2D eigenvalue weighted by atomic mass is 9.77. The van der Waals surface area contributed by atoms with E-state index in [2.05, 4.69) is 13.8 Å². The molecule has 4 heteroatoms. The monoisotopic (exact) mass is 733 g/mol. The second kappa shape index (κ2) is 32.8. The molecule has 0 aromatic heterocycles. The topological polar surface area (TPSA) is 52.6 Å². The number of rotatable bonds is 36. The van der Waals surface area contributed by atoms with Gasteiger partial charge in [-0.3, -0.25) is 9.59 Å². The molecule has 300 valence electrons. The summed E-state index contributed by atoms with van der Waals surface area (Å²) in [4.78, 5) is 28.2. The average Bonchev–Trinajstić information content (AvgIpc) is 3.19. The third-order valence-corrected chi connectivity index (χ3v) is 11.1. The number of hydrogen-bond donors (Lipinski definition) is 0. The number of unbranched alkanes of at least 4 members (excludes halogenated alkanes) is 26. The number of benzene rings is 2. The van der Waals surface area contributed by atoms with Gasteiger partial charge in [0.2, 0.25) is 0 Å². The number of ether oxygens (including phenoxy) is 2. The van der Waals surface area contributed by atoms with Crippen LogP contribution in [0, 0.1) is 5.41 Å². The molecular formula is C49H80O4. The van der Waals surface area contributed by atoms with Crippen molar-refractivity contribution < 1.29 is 19.1 Å². The molecule has 0 unspecified atom stereocenters. The molecule has 53 heavy (non-hydrogen) atoms. The first kappa shape index (κ1) is 46.5. The third kappa shape index (κ3) is 23.0. The summed E-state index contributed by atoms with van der Waals surface area (Å²) in [6.45, 7) is 4.90. The van der Waals surface area contributed by atoms with Gasteiger partial charge in [-0.25, -0.2) is 0 Å². The Labute approximate surface area is 327 Å². The Bertz CT molecular complexity index is 1020. The van der Waals surface area contributed by atoms with Crippen LogP contribution in [-0.2, 0) is 32.3 Å². The van der Waals surface area contributed by atoms with Crippen LogP contribution >= 0.6 is 0 Å². The van der Waals surface area contributed by atoms with E-state index in [0.717, 1.165) is 49.7 Å². The Morgan fingerprint density at radius 1 is 0.377 bits per heavy atom. The minimum absolute atomic E-state index is 0.171. The predicted octanol–water partition coefficient (Wildman–Crippen LogP) is 15.2. The molecule has 0 atom stereocenters. The van der Waals surface area contributed by atoms with Crippen molar-refractivity contribution >= 4 is 11.9 Å². The molecule has 0 heterocycles. The molecule has 0 saturated heterocycles. The van der Waals surface area contributed by atoms with E-state index in [9.17, 15) is 9.59 Å². The maximum atomic E-state index is 14.1. The van der Waals surface area contributed by atoms with Crippen LogP contribution in [0.25, 0.3) is 0 Å². The van der Waals surface area contributed by atoms with Crippen LogP contribution in [0.5, 0.6) is 0 Å². The van der Waals surface area contributed by atoms with Crippen LogP contribution in [0.1, 0.15) is 218 Å². The van der Waals surface area contributed by atoms with Crippen molar-refractivity contribution in [3.63, 3.8) is 0 Å². The molecule has 0 amide bonds. The van der Waals surface area contributed by atoms with Gasteiger partial charge in [-0.1, -0.05) is 254 Å². The summed E-state index contributed by atoms with van der Waals surface area (Å²) < 4.78 is 11.9. The highest BCUT2D eigenvalue weighted by atomic mass is 16.6. The first-order valence-corrected chi connectivity index (χ1v) is 22.5. The van der Waals surface area contributed by atoms with Crippen LogP contribution in [0.2, 0.25) is 0 Å². The minimum atomic E-state index is -1.27. The molecule has 0 spiro atoms. The lowest BCUT2D eigenvalue weighted by Crippen LogP contribution is -2.42. The van der Waals surface area contributed by atoms with Crippen molar-refractivity contribution in [2.24, 2.45) is 5.41 Å². The van der Waals surface area contributed by atoms with Crippen molar-refractivity contribution in [3.05, 3.63) is 71.8 Å². The van der Waals surface area contributed by atoms with Gasteiger partial charge >= 0.3 is 11.9 Å². The molecule has 2 rings (SSSR count). The lowest BCUT2D eigenvalue weighted by molar-refractivity contribution is -0.176. The first-order chi connectivity index (χ1) is 26.1. The van der Waals surface area contributed by atoms with Crippen molar-refractivity contribution in [1.29, 1.82) is 0 Å². The van der Waals surface area contributed by atoms with Gasteiger partial charge in [-0.2, -0.15) is 0 Å². The van der Waals surface area contributed by atoms with Gasteiger partial charge in [0.15, 0.2) is 5.41 Å². The van der Waals surface area contributed by atoms with E-state index in [1.807, 2.05) is 60.7 Å². The van der Waals surface area contributed by atoms with E-state index in [4.69, 9.17) is 9.47 Å². The zero-order valence-electron chi connectivity index (χ0n) is 34.5. The van der Waals surface area contributed by atoms with Gasteiger partial charge in [0.1, 0.15) is 13.2 Å². The molecule has 0 aliphatic carbocycles. The standard InChI is InChI=1S/C49H80O4/c1-3-5-7-9-11-13-15-17-19-21-23-25-27-35-41-49(47(50)52-43-45-37-31-29-32-38-45,48(51)53-44-46-39-33-30-34-40-46)42-36-28-26-24-22-20-18-16-14-12-10-8-6-4-2/h29-34,37-40H,3-28,35-36,41-44H2,1-2H3. The van der Waals surface area contributed by atoms with E-state index < -0.39 is 17.4 Å². The fraction of sp³-hybridized carbons (Fsp3) is 0.714. The number of carbonyl (C=O) groups excluding carboxylic acids is 2. The quantitative estimate of drug-likeness (QED) is 0.0398. The summed E-state index contributed by atoms with van der Waals surface area (Å²) in [5.74, 6) is -0.826. The summed E-state index contributed by atoms with van der Waals surface area (Å²) in [6.07, 6.45) is 36.5. The van der Waals surface area contributed by atoms with E-state index in [1.54, 1.807) is 0 Å². The second-order valence-electron chi connectivity index (χ2n) is 15.9. The Kier molecular flexibility index (Phi) is 28.8. The van der Waals surface area contributed by atoms with Gasteiger partial charge < -0.3 is 9.47 Å². The Morgan fingerprint density at radius 3 is 0.887 bits per heavy atom. The Hall–Kier alpha value is -2.62. The smallest absolute Gasteiger partial charge is 0.323 e. The van der Waals surface area contributed by atoms with Crippen LogP contribution < -0.4 is 0 Å². The Morgan fingerprint density at radius 2 is 0.623 bits per heavy atom. The molecule has 0 radical (unpaired) electrons. The van der Waals surface area contributed by atoms with Gasteiger partial charge in [-0.15, -0.1) is 0 Å². The van der Waals surface area contributed by atoms with Crippen molar-refractivity contribution in [2.45, 2.75) is 220 Å². The van der Waals surface area contributed by atoms with Crippen LogP contribution in [0.4, 0.5) is 0 Å². The summed E-state index contributed by atoms with van der Waals surface area (Å²) in [6, 6.07) is 19.6. The number of carbonyl (C=O) groups is 2. The number of esters is 2. The molecule has 0 bridgehead atoms. The van der Waals surface area contributed by atoms with Crippen molar-refractivity contribution in [3.8, 4) is 0 Å². The SMILES string of the molecule is CCCCCCCCCCCCCCCCC(CCCCCCCCCCCCCCCC)(C(=O)OCc1ccccc1)C(=O)OCc1ccccc1. The molecule has 0 fully saturated rings. The van der Waals surface area contributed by atoms with Crippen LogP contribution in [-0.4, -0.2) is 11.9 Å². The second-order valence-corrected chi connectivity index (χ2v) is 15.9. The summed E-state index contributed by atoms with van der Waals surface area (Å²) in [7, 11) is 0. The molecule has 2 aromatic rings. The minimum Gasteiger partial charge on any atom is -0.460 e. The maximum Gasteiger partial charge on any atom is 0.323 e. The average molecular weight is 733 g/mol. The zero-order chi connectivity index (χ0) is 37.9. The van der Waals surface area contributed by atoms with E-state index in [-0.39, 0.29) is 13.2 Å². The zero-order valence-corrected chi connectivity index (χ0v) is 34.5. The highest BCUT2D eigenvalue weighted by Gasteiger charge is 2.48. The molecule has 0 N–H and O–H groups in total. The largest absolute Gasteiger partial charge is 0.460 e. The summed E-state index contributed by atoms with van der Waals surface area (Å²) in [5.41, 5.74) is 0.596. The van der Waals surface area contributed by atoms with Crippen molar-refractivity contribution in [1.82, 2.24) is 0 Å². The fourth-order valence-electron chi connectivity index (χ4n) is 7.58. The van der Waals surface area contributed by atoms with Gasteiger partial charge in [-0.05, 0) is 24.0 Å². The molecule has 4 nitrogen and oxygen atoms in total. The first-order valence-electron chi connectivity index (χ1n) is 22.5. The highest BCUT2D eigenvalue weighted by Crippen LogP contribution is 2.36. The van der Waals surface area contributed by atoms with Crippen molar-refractivity contribution in [2.75, 3.05) is 0 Å². The molecule has 0 aliphatic rings. The molecule has 2 aromatic carbocycles. The van der Waals surface area contributed by atoms with Gasteiger partial charge in [0, 0.05) is 0 Å². The molecule has 0 saturated carbocycles. The van der Waals surface area contributed by atoms with E-state index in [1.165, 1.54) is 141 Å². The van der Waals surface area contributed by atoms with Gasteiger partial charge in [0.25, 0.3) is 0 Å². The third-order valence-electron chi connectivity index (χ3n) is 11.1. The maximum absolute atomic E-state index is 14.1. The van der Waals surface area contributed by atoms with E-state index in [0.29, 0.717) is 12.8 Å². The fourth-order valence-corrected chi connectivity index (χ4v) is 7.58. The lowest BCUT2D eigenvalue weighted by Gasteiger charge is -2.30. The summed E-state index contributed by atoms with van der Waals surface area (Å²) >= 11 is 0. The van der Waals surface area contributed by atoms with E-state index >= 15 is 0 Å². The number of hydrogen-bond acceptors (Lipinski definition) is 4.